The predicted octanol–water partition coefficient (Wildman–Crippen LogP) is -1.64. The SMILES string of the molecule is C=CC[C@]1(O)OC[C@@H](O)[C@H](O)[C@@H]1O. The summed E-state index contributed by atoms with van der Waals surface area (Å²) in [6.45, 7) is 3.18. The Labute approximate surface area is 75.9 Å². The molecule has 0 saturated carbocycles. The van der Waals surface area contributed by atoms with Crippen LogP contribution in [0.1, 0.15) is 6.42 Å². The number of hydrogen-bond acceptors (Lipinski definition) is 5. The van der Waals surface area contributed by atoms with E-state index in [1.807, 2.05) is 0 Å². The van der Waals surface area contributed by atoms with Crippen LogP contribution >= 0.6 is 0 Å². The van der Waals surface area contributed by atoms with Crippen LogP contribution in [0.2, 0.25) is 0 Å². The van der Waals surface area contributed by atoms with Crippen molar-refractivity contribution in [2.75, 3.05) is 6.61 Å². The Hall–Kier alpha value is -0.460. The topological polar surface area (TPSA) is 90.2 Å². The van der Waals surface area contributed by atoms with Gasteiger partial charge in [-0.15, -0.1) is 6.58 Å². The van der Waals surface area contributed by atoms with Gasteiger partial charge < -0.3 is 25.2 Å². The molecule has 1 aliphatic rings. The molecular formula is C8H14O5. The molecule has 0 aromatic rings. The monoisotopic (exact) mass is 190 g/mol. The Balaban J connectivity index is 2.72. The van der Waals surface area contributed by atoms with Gasteiger partial charge in [0.05, 0.1) is 6.61 Å². The fourth-order valence-corrected chi connectivity index (χ4v) is 1.28. The van der Waals surface area contributed by atoms with E-state index in [0.717, 1.165) is 0 Å². The lowest BCUT2D eigenvalue weighted by atomic mass is 9.94. The molecule has 5 nitrogen and oxygen atoms in total. The van der Waals surface area contributed by atoms with Crippen molar-refractivity contribution >= 4 is 0 Å². The minimum atomic E-state index is -1.83. The lowest BCUT2D eigenvalue weighted by Gasteiger charge is -2.41. The van der Waals surface area contributed by atoms with E-state index in [1.165, 1.54) is 6.08 Å². The summed E-state index contributed by atoms with van der Waals surface area (Å²) in [7, 11) is 0. The largest absolute Gasteiger partial charge is 0.388 e. The van der Waals surface area contributed by atoms with E-state index in [-0.39, 0.29) is 13.0 Å². The standard InChI is InChI=1S/C8H14O5/c1-2-3-8(12)7(11)6(10)5(9)4-13-8/h2,5-7,9-12H,1,3-4H2/t5-,6+,7+,8+/m1/s1. The fourth-order valence-electron chi connectivity index (χ4n) is 1.28. The van der Waals surface area contributed by atoms with Gasteiger partial charge in [-0.2, -0.15) is 0 Å². The molecule has 0 unspecified atom stereocenters. The molecule has 76 valence electrons. The molecule has 0 aromatic carbocycles. The predicted molar refractivity (Wildman–Crippen MR) is 43.7 cm³/mol. The van der Waals surface area contributed by atoms with Gasteiger partial charge in [-0.1, -0.05) is 6.08 Å². The molecule has 0 bridgehead atoms. The summed E-state index contributed by atoms with van der Waals surface area (Å²) >= 11 is 0. The highest BCUT2D eigenvalue weighted by atomic mass is 16.6. The number of aliphatic hydroxyl groups is 4. The smallest absolute Gasteiger partial charge is 0.198 e. The zero-order valence-electron chi connectivity index (χ0n) is 7.13. The average Bonchev–Trinajstić information content (AvgIpc) is 2.10. The van der Waals surface area contributed by atoms with Crippen molar-refractivity contribution in [2.45, 2.75) is 30.5 Å². The van der Waals surface area contributed by atoms with Crippen LogP contribution in [0.5, 0.6) is 0 Å². The van der Waals surface area contributed by atoms with Crippen molar-refractivity contribution in [3.63, 3.8) is 0 Å². The Bertz CT molecular complexity index is 195. The molecule has 0 radical (unpaired) electrons. The molecule has 1 heterocycles. The third-order valence-electron chi connectivity index (χ3n) is 2.12. The van der Waals surface area contributed by atoms with Crippen LogP contribution in [0.4, 0.5) is 0 Å². The first-order valence-electron chi connectivity index (χ1n) is 4.02. The first kappa shape index (κ1) is 10.6. The van der Waals surface area contributed by atoms with Gasteiger partial charge in [0.25, 0.3) is 0 Å². The number of rotatable bonds is 2. The highest BCUT2D eigenvalue weighted by Gasteiger charge is 2.47. The third kappa shape index (κ3) is 1.90. The van der Waals surface area contributed by atoms with Crippen molar-refractivity contribution in [1.82, 2.24) is 0 Å². The molecule has 13 heavy (non-hydrogen) atoms. The van der Waals surface area contributed by atoms with Crippen molar-refractivity contribution < 1.29 is 25.2 Å². The second-order valence-corrected chi connectivity index (χ2v) is 3.15. The van der Waals surface area contributed by atoms with Gasteiger partial charge >= 0.3 is 0 Å². The molecule has 0 aliphatic carbocycles. The van der Waals surface area contributed by atoms with Crippen molar-refractivity contribution in [3.05, 3.63) is 12.7 Å². The fraction of sp³-hybridized carbons (Fsp3) is 0.750. The normalized spacial score (nSPS) is 46.0. The van der Waals surface area contributed by atoms with E-state index in [2.05, 4.69) is 6.58 Å². The van der Waals surface area contributed by atoms with E-state index < -0.39 is 24.1 Å². The second-order valence-electron chi connectivity index (χ2n) is 3.15. The maximum absolute atomic E-state index is 9.61. The summed E-state index contributed by atoms with van der Waals surface area (Å²) in [5.41, 5.74) is 0. The van der Waals surface area contributed by atoms with Gasteiger partial charge in [-0.3, -0.25) is 0 Å². The lowest BCUT2D eigenvalue weighted by molar-refractivity contribution is -0.319. The minimum absolute atomic E-state index is 0.00204. The second kappa shape index (κ2) is 3.73. The van der Waals surface area contributed by atoms with Gasteiger partial charge in [-0.05, 0) is 0 Å². The zero-order chi connectivity index (χ0) is 10.1. The molecule has 0 spiro atoms. The van der Waals surface area contributed by atoms with Crippen LogP contribution in [-0.4, -0.2) is 51.1 Å². The lowest BCUT2D eigenvalue weighted by Crippen LogP contribution is -2.60. The van der Waals surface area contributed by atoms with Gasteiger partial charge in [-0.25, -0.2) is 0 Å². The molecule has 1 aliphatic heterocycles. The quantitative estimate of drug-likeness (QED) is 0.392. The van der Waals surface area contributed by atoms with Crippen LogP contribution in [0.3, 0.4) is 0 Å². The van der Waals surface area contributed by atoms with E-state index >= 15 is 0 Å². The first-order chi connectivity index (χ1) is 6.01. The van der Waals surface area contributed by atoms with E-state index in [1.54, 1.807) is 0 Å². The summed E-state index contributed by atoms with van der Waals surface area (Å²) < 4.78 is 4.83. The number of hydrogen-bond donors (Lipinski definition) is 4. The van der Waals surface area contributed by atoms with Crippen LogP contribution in [0.15, 0.2) is 12.7 Å². The van der Waals surface area contributed by atoms with Crippen LogP contribution in [0, 0.1) is 0 Å². The Kier molecular flexibility index (Phi) is 3.05. The third-order valence-corrected chi connectivity index (χ3v) is 2.12. The van der Waals surface area contributed by atoms with Crippen molar-refractivity contribution in [3.8, 4) is 0 Å². The highest BCUT2D eigenvalue weighted by Crippen LogP contribution is 2.26. The van der Waals surface area contributed by atoms with Crippen molar-refractivity contribution in [2.24, 2.45) is 0 Å². The molecular weight excluding hydrogens is 176 g/mol. The van der Waals surface area contributed by atoms with Gasteiger partial charge in [0, 0.05) is 6.42 Å². The molecule has 1 saturated heterocycles. The van der Waals surface area contributed by atoms with Gasteiger partial charge in [0.1, 0.15) is 18.3 Å². The average molecular weight is 190 g/mol. The number of aliphatic hydroxyl groups excluding tert-OH is 3. The van der Waals surface area contributed by atoms with Gasteiger partial charge in [0.2, 0.25) is 0 Å². The molecule has 0 aromatic heterocycles. The van der Waals surface area contributed by atoms with Crippen LogP contribution in [0.25, 0.3) is 0 Å². The summed E-state index contributed by atoms with van der Waals surface area (Å²) in [6, 6.07) is 0. The molecule has 0 amide bonds. The summed E-state index contributed by atoms with van der Waals surface area (Å²) in [4.78, 5) is 0. The molecule has 4 N–H and O–H groups in total. The molecule has 1 fully saturated rings. The summed E-state index contributed by atoms with van der Waals surface area (Å²) in [6.07, 6.45) is -2.71. The Morgan fingerprint density at radius 2 is 2.08 bits per heavy atom. The van der Waals surface area contributed by atoms with Gasteiger partial charge in [0.15, 0.2) is 5.79 Å². The Morgan fingerprint density at radius 3 is 2.62 bits per heavy atom. The van der Waals surface area contributed by atoms with Crippen LogP contribution in [-0.2, 0) is 4.74 Å². The summed E-state index contributed by atoms with van der Waals surface area (Å²) in [5, 5.41) is 37.3. The van der Waals surface area contributed by atoms with E-state index in [0.29, 0.717) is 0 Å². The minimum Gasteiger partial charge on any atom is -0.388 e. The molecule has 5 heteroatoms. The highest BCUT2D eigenvalue weighted by molar-refractivity contribution is 4.94. The molecule has 4 atom stereocenters. The maximum atomic E-state index is 9.61. The van der Waals surface area contributed by atoms with Crippen LogP contribution < -0.4 is 0 Å². The van der Waals surface area contributed by atoms with E-state index in [9.17, 15) is 15.3 Å². The number of ether oxygens (including phenoxy) is 1. The van der Waals surface area contributed by atoms with Crippen molar-refractivity contribution in [1.29, 1.82) is 0 Å². The zero-order valence-corrected chi connectivity index (χ0v) is 7.13. The maximum Gasteiger partial charge on any atom is 0.198 e. The van der Waals surface area contributed by atoms with E-state index in [4.69, 9.17) is 9.84 Å². The molecule has 1 rings (SSSR count). The summed E-state index contributed by atoms with van der Waals surface area (Å²) in [5.74, 6) is -1.83. The first-order valence-corrected chi connectivity index (χ1v) is 4.02. The Morgan fingerprint density at radius 1 is 1.46 bits per heavy atom.